The number of benzene rings is 3. The zero-order valence-corrected chi connectivity index (χ0v) is 29.5. The van der Waals surface area contributed by atoms with E-state index in [9.17, 15) is 39.5 Å². The molecule has 1 amide bonds. The fourth-order valence-electron chi connectivity index (χ4n) is 7.08. The minimum atomic E-state index is -4.37. The Morgan fingerprint density at radius 3 is 2.40 bits per heavy atom. The third kappa shape index (κ3) is 6.30. The Labute approximate surface area is 310 Å². The first-order chi connectivity index (χ1) is 26.4. The lowest BCUT2D eigenvalue weighted by atomic mass is 9.77. The molecule has 286 valence electrons. The summed E-state index contributed by atoms with van der Waals surface area (Å²) in [4.78, 5) is 49.4. The maximum Gasteiger partial charge on any atom is 0.403 e. The van der Waals surface area contributed by atoms with Crippen molar-refractivity contribution >= 4 is 36.6 Å². The molecular formula is C35H34N7O12P. The van der Waals surface area contributed by atoms with Crippen LogP contribution in [0, 0.1) is 0 Å². The minimum Gasteiger partial charge on any atom is -0.508 e. The second kappa shape index (κ2) is 13.9. The lowest BCUT2D eigenvalue weighted by Crippen LogP contribution is -2.34. The summed E-state index contributed by atoms with van der Waals surface area (Å²) >= 11 is 0. The fourth-order valence-corrected chi connectivity index (χ4v) is 7.96. The summed E-state index contributed by atoms with van der Waals surface area (Å²) in [6, 6.07) is 13.5. The third-order valence-electron chi connectivity index (χ3n) is 9.66. The number of aromatic nitrogens is 4. The number of nitrogens with one attached hydrogen (secondary N) is 2. The highest BCUT2D eigenvalue weighted by Gasteiger charge is 2.54. The van der Waals surface area contributed by atoms with Crippen molar-refractivity contribution in [2.24, 2.45) is 0 Å². The molecule has 0 radical (unpaired) electrons. The molecule has 8 rings (SSSR count). The van der Waals surface area contributed by atoms with Crippen molar-refractivity contribution < 1.29 is 58.2 Å². The first-order valence-electron chi connectivity index (χ1n) is 17.0. The van der Waals surface area contributed by atoms with Crippen molar-refractivity contribution in [2.75, 3.05) is 25.4 Å². The lowest BCUT2D eigenvalue weighted by molar-refractivity contribution is -0.0487. The summed E-state index contributed by atoms with van der Waals surface area (Å²) < 4.78 is 37.0. The summed E-state index contributed by atoms with van der Waals surface area (Å²) in [5.74, 6) is -0.940. The average molecular weight is 776 g/mol. The smallest absolute Gasteiger partial charge is 0.403 e. The van der Waals surface area contributed by atoms with Gasteiger partial charge in [-0.3, -0.25) is 13.9 Å². The molecule has 0 bridgehead atoms. The number of rotatable bonds is 11. The van der Waals surface area contributed by atoms with Gasteiger partial charge in [0, 0.05) is 41.9 Å². The molecule has 1 spiro atoms. The summed E-state index contributed by atoms with van der Waals surface area (Å²) in [5, 5.41) is 46.7. The number of nitrogens with two attached hydrogens (primary N) is 1. The molecule has 2 aromatic heterocycles. The van der Waals surface area contributed by atoms with Gasteiger partial charge in [0.25, 0.3) is 5.91 Å². The highest BCUT2D eigenvalue weighted by molar-refractivity contribution is 7.50. The van der Waals surface area contributed by atoms with E-state index in [-0.39, 0.29) is 64.2 Å². The van der Waals surface area contributed by atoms with Gasteiger partial charge < -0.3 is 50.6 Å². The van der Waals surface area contributed by atoms with Crippen LogP contribution in [0.25, 0.3) is 11.2 Å². The van der Waals surface area contributed by atoms with Gasteiger partial charge >= 0.3 is 13.7 Å². The summed E-state index contributed by atoms with van der Waals surface area (Å²) in [7, 11) is -4.37. The SMILES string of the molecule is Nc1ncnc2c1ncn2[C@@H]1O[C@H](COP(=O)(O)NCCCCNC(=O)c2cccc3c2C(=O)OC32c3ccc(O)cc3Oc3cc(O)ccc32)[C@@H](O)[C@H]1O. The van der Waals surface area contributed by atoms with Crippen molar-refractivity contribution in [1.82, 2.24) is 29.9 Å². The molecule has 3 aliphatic heterocycles. The number of amides is 1. The van der Waals surface area contributed by atoms with Crippen molar-refractivity contribution in [2.45, 2.75) is 43.0 Å². The maximum absolute atomic E-state index is 13.6. The van der Waals surface area contributed by atoms with E-state index in [1.807, 2.05) is 0 Å². The van der Waals surface area contributed by atoms with E-state index in [2.05, 4.69) is 25.4 Å². The van der Waals surface area contributed by atoms with E-state index in [0.717, 1.165) is 0 Å². The molecule has 20 heteroatoms. The van der Waals surface area contributed by atoms with E-state index < -0.39 is 56.4 Å². The van der Waals surface area contributed by atoms with Crippen LogP contribution in [-0.2, 0) is 24.2 Å². The van der Waals surface area contributed by atoms with Gasteiger partial charge in [0.2, 0.25) is 0 Å². The number of aliphatic hydroxyl groups excluding tert-OH is 2. The van der Waals surface area contributed by atoms with Crippen LogP contribution in [0.3, 0.4) is 0 Å². The standard InChI is InChI=1S/C35H34N7O12P/c36-30-27-31(39-15-38-30)42(16-40-27)33-29(46)28(45)25(53-33)14-51-55(49,50)41-11-2-1-10-37-32(47)19-4-3-5-22-26(19)34(48)54-35(22)20-8-6-17(43)12-23(20)52-24-13-18(44)7-9-21(24)35/h3-9,12-13,15-16,25,28-29,33,43-46H,1-2,10-11,14H2,(H,37,47)(H2,36,38,39)(H2,41,49,50)/t25-,28-,29-,33-/m1/s1. The van der Waals surface area contributed by atoms with Crippen LogP contribution in [0.5, 0.6) is 23.0 Å². The zero-order chi connectivity index (χ0) is 38.6. The molecule has 19 nitrogen and oxygen atoms in total. The number of phenolic OH excluding ortho intramolecular Hbond substituents is 2. The number of aromatic hydroxyl groups is 2. The van der Waals surface area contributed by atoms with Crippen LogP contribution in [0.2, 0.25) is 0 Å². The summed E-state index contributed by atoms with van der Waals surface area (Å²) in [6.07, 6.45) is -1.95. The van der Waals surface area contributed by atoms with Gasteiger partial charge in [0.15, 0.2) is 23.3 Å². The summed E-state index contributed by atoms with van der Waals surface area (Å²) in [5.41, 5.74) is 6.17. The molecular weight excluding hydrogens is 741 g/mol. The Morgan fingerprint density at radius 2 is 1.67 bits per heavy atom. The second-order valence-corrected chi connectivity index (χ2v) is 14.7. The molecule has 1 unspecified atom stereocenters. The van der Waals surface area contributed by atoms with Crippen LogP contribution in [0.1, 0.15) is 56.5 Å². The number of anilines is 1. The van der Waals surface area contributed by atoms with E-state index >= 15 is 0 Å². The lowest BCUT2D eigenvalue weighted by Gasteiger charge is -2.36. The quantitative estimate of drug-likeness (QED) is 0.0540. The Morgan fingerprint density at radius 1 is 0.964 bits per heavy atom. The number of ether oxygens (including phenoxy) is 3. The molecule has 3 aromatic carbocycles. The highest BCUT2D eigenvalue weighted by Crippen LogP contribution is 2.57. The maximum atomic E-state index is 13.6. The molecule has 1 saturated heterocycles. The van der Waals surface area contributed by atoms with Gasteiger partial charge in [-0.05, 0) is 43.2 Å². The fraction of sp³-hybridized carbons (Fsp3) is 0.286. The predicted molar refractivity (Wildman–Crippen MR) is 189 cm³/mol. The Bertz CT molecular complexity index is 2340. The molecule has 5 aromatic rings. The monoisotopic (exact) mass is 775 g/mol. The Kier molecular flexibility index (Phi) is 9.17. The molecule has 0 aliphatic carbocycles. The summed E-state index contributed by atoms with van der Waals surface area (Å²) in [6.45, 7) is -0.359. The number of nitrogens with zero attached hydrogens (tertiary/aromatic N) is 4. The number of fused-ring (bicyclic) bond motifs is 7. The van der Waals surface area contributed by atoms with Gasteiger partial charge in [0.05, 0.1) is 24.1 Å². The number of esters is 1. The molecule has 55 heavy (non-hydrogen) atoms. The van der Waals surface area contributed by atoms with E-state index in [0.29, 0.717) is 29.5 Å². The van der Waals surface area contributed by atoms with E-state index in [4.69, 9.17) is 24.5 Å². The first kappa shape index (κ1) is 36.3. The van der Waals surface area contributed by atoms with Gasteiger partial charge in [0.1, 0.15) is 53.2 Å². The number of aliphatic hydroxyl groups is 2. The van der Waals surface area contributed by atoms with Crippen LogP contribution in [-0.4, -0.2) is 94.7 Å². The van der Waals surface area contributed by atoms with Crippen LogP contribution in [0.4, 0.5) is 5.82 Å². The van der Waals surface area contributed by atoms with E-state index in [1.165, 1.54) is 47.6 Å². The van der Waals surface area contributed by atoms with E-state index in [1.54, 1.807) is 24.3 Å². The Hall–Kier alpha value is -5.66. The van der Waals surface area contributed by atoms with Gasteiger partial charge in [-0.2, -0.15) is 0 Å². The van der Waals surface area contributed by atoms with Crippen LogP contribution in [0.15, 0.2) is 67.3 Å². The molecule has 5 atom stereocenters. The number of unbranched alkanes of at least 4 members (excludes halogenated alkanes) is 1. The third-order valence-corrected chi connectivity index (χ3v) is 10.8. The second-order valence-electron chi connectivity index (χ2n) is 13.1. The van der Waals surface area contributed by atoms with Crippen molar-refractivity contribution in [3.63, 3.8) is 0 Å². The van der Waals surface area contributed by atoms with Crippen molar-refractivity contribution in [3.05, 3.63) is 95.1 Å². The van der Waals surface area contributed by atoms with Crippen molar-refractivity contribution in [1.29, 1.82) is 0 Å². The van der Waals surface area contributed by atoms with Gasteiger partial charge in [-0.1, -0.05) is 12.1 Å². The normalized spacial score (nSPS) is 21.7. The minimum absolute atomic E-state index is 0.0205. The highest BCUT2D eigenvalue weighted by atomic mass is 31.2. The van der Waals surface area contributed by atoms with Crippen LogP contribution < -0.4 is 20.9 Å². The number of nitrogen functional groups attached to an aromatic ring is 1. The molecule has 0 saturated carbocycles. The zero-order valence-electron chi connectivity index (χ0n) is 28.6. The predicted octanol–water partition coefficient (Wildman–Crippen LogP) is 1.92. The molecule has 3 aliphatic rings. The first-order valence-corrected chi connectivity index (χ1v) is 18.6. The number of hydrogen-bond donors (Lipinski definition) is 8. The largest absolute Gasteiger partial charge is 0.508 e. The van der Waals surface area contributed by atoms with Gasteiger partial charge in [-0.25, -0.2) is 29.4 Å². The molecule has 5 heterocycles. The van der Waals surface area contributed by atoms with Crippen molar-refractivity contribution in [3.8, 4) is 23.0 Å². The molecule has 1 fully saturated rings. The number of hydrogen-bond acceptors (Lipinski definition) is 15. The average Bonchev–Trinajstić information content (AvgIpc) is 3.81. The molecule has 9 N–H and O–H groups in total. The number of carbonyl (C=O) groups is 2. The topological polar surface area (TPSA) is 283 Å². The Balaban J connectivity index is 0.862. The number of phenols is 2. The number of imidazole rings is 1. The van der Waals surface area contributed by atoms with Gasteiger partial charge in [-0.15, -0.1) is 0 Å². The van der Waals surface area contributed by atoms with Crippen LogP contribution >= 0.6 is 7.75 Å². The number of carbonyl (C=O) groups excluding carboxylic acids is 2.